The predicted molar refractivity (Wildman–Crippen MR) is 133 cm³/mol. The normalized spacial score (nSPS) is 21.6. The lowest BCUT2D eigenvalue weighted by Gasteiger charge is -2.34. The number of ether oxygens (including phenoxy) is 4. The summed E-state index contributed by atoms with van der Waals surface area (Å²) in [5, 5.41) is 9.93. The summed E-state index contributed by atoms with van der Waals surface area (Å²) in [7, 11) is 1.46. The molecule has 2 atom stereocenters. The number of nitrogens with zero attached hydrogens (tertiary/aromatic N) is 2. The molecule has 190 valence electrons. The Morgan fingerprint density at radius 3 is 2.54 bits per heavy atom. The fourth-order valence-electron chi connectivity index (χ4n) is 5.05. The van der Waals surface area contributed by atoms with Gasteiger partial charge in [-0.05, 0) is 29.2 Å². The second-order valence-electron chi connectivity index (χ2n) is 9.08. The fourth-order valence-corrected chi connectivity index (χ4v) is 5.05. The molecule has 1 saturated heterocycles. The van der Waals surface area contributed by atoms with Gasteiger partial charge < -0.3 is 29.6 Å². The summed E-state index contributed by atoms with van der Waals surface area (Å²) in [6.07, 6.45) is 0.294. The average Bonchev–Trinajstić information content (AvgIpc) is 2.93. The van der Waals surface area contributed by atoms with Crippen LogP contribution in [0.4, 0.5) is 4.79 Å². The van der Waals surface area contributed by atoms with E-state index in [0.29, 0.717) is 61.8 Å². The van der Waals surface area contributed by atoms with Crippen LogP contribution in [0.25, 0.3) is 0 Å². The summed E-state index contributed by atoms with van der Waals surface area (Å²) in [6.45, 7) is 1.80. The molecule has 3 aliphatic rings. The molecule has 2 aromatic rings. The van der Waals surface area contributed by atoms with E-state index in [4.69, 9.17) is 24.7 Å². The van der Waals surface area contributed by atoms with E-state index in [-0.39, 0.29) is 28.9 Å². The van der Waals surface area contributed by atoms with E-state index in [1.807, 2.05) is 30.3 Å². The van der Waals surface area contributed by atoms with Crippen molar-refractivity contribution >= 4 is 11.9 Å². The summed E-state index contributed by atoms with van der Waals surface area (Å²) < 4.78 is 22.2. The number of methoxy groups -OCH3 is 1. The molecule has 37 heavy (non-hydrogen) atoms. The molecule has 0 aromatic heterocycles. The number of carbonyl (C=O) groups excluding carboxylic acids is 2. The first-order chi connectivity index (χ1) is 18.0. The quantitative estimate of drug-likeness (QED) is 0.672. The first-order valence-electron chi connectivity index (χ1n) is 12.1. The molecule has 0 spiro atoms. The van der Waals surface area contributed by atoms with Gasteiger partial charge in [0.05, 0.1) is 26.2 Å². The summed E-state index contributed by atoms with van der Waals surface area (Å²) in [5.74, 6) is 0.148. The highest BCUT2D eigenvalue weighted by atomic mass is 16.6. The Balaban J connectivity index is 1.48. The summed E-state index contributed by atoms with van der Waals surface area (Å²) >= 11 is 0. The van der Waals surface area contributed by atoms with Crippen LogP contribution in [0.1, 0.15) is 35.8 Å². The standard InChI is InChI=1S/C28H27N3O6/c1-34-23-14-18(7-8-22(23)37-28(33)31-9-11-35-12-10-31)25-20(16-29)27(30)36-24-15-19(13-21(32)26(24)25)17-5-3-2-4-6-17/h2-8,14,19,25H,9-13,15,30H2,1H3/t19-,25-/m0/s1. The average molecular weight is 502 g/mol. The number of morpholine rings is 1. The van der Waals surface area contributed by atoms with Gasteiger partial charge in [0.1, 0.15) is 17.4 Å². The molecule has 2 N–H and O–H groups in total. The third-order valence-electron chi connectivity index (χ3n) is 6.92. The Kier molecular flexibility index (Phi) is 6.84. The molecule has 1 fully saturated rings. The highest BCUT2D eigenvalue weighted by Crippen LogP contribution is 2.47. The van der Waals surface area contributed by atoms with Crippen LogP contribution in [-0.4, -0.2) is 50.2 Å². The number of allylic oxidation sites excluding steroid dienone is 3. The van der Waals surface area contributed by atoms with Gasteiger partial charge >= 0.3 is 6.09 Å². The predicted octanol–water partition coefficient (Wildman–Crippen LogP) is 3.73. The first-order valence-corrected chi connectivity index (χ1v) is 12.1. The molecule has 9 nitrogen and oxygen atoms in total. The third-order valence-corrected chi connectivity index (χ3v) is 6.92. The van der Waals surface area contributed by atoms with Crippen LogP contribution in [-0.2, 0) is 14.3 Å². The maximum absolute atomic E-state index is 13.5. The van der Waals surface area contributed by atoms with Crippen molar-refractivity contribution in [1.82, 2.24) is 4.90 Å². The van der Waals surface area contributed by atoms with Crippen molar-refractivity contribution < 1.29 is 28.5 Å². The lowest BCUT2D eigenvalue weighted by atomic mass is 9.73. The highest BCUT2D eigenvalue weighted by molar-refractivity contribution is 6.00. The molecule has 9 heteroatoms. The second-order valence-corrected chi connectivity index (χ2v) is 9.08. The van der Waals surface area contributed by atoms with E-state index in [2.05, 4.69) is 6.07 Å². The largest absolute Gasteiger partial charge is 0.493 e. The Hall–Kier alpha value is -4.29. The lowest BCUT2D eigenvalue weighted by Crippen LogP contribution is -2.42. The van der Waals surface area contributed by atoms with Crippen LogP contribution in [0.3, 0.4) is 0 Å². The Morgan fingerprint density at radius 2 is 1.84 bits per heavy atom. The van der Waals surface area contributed by atoms with Crippen LogP contribution in [0.15, 0.2) is 71.3 Å². The van der Waals surface area contributed by atoms with Crippen LogP contribution < -0.4 is 15.2 Å². The van der Waals surface area contributed by atoms with Gasteiger partial charge in [-0.1, -0.05) is 36.4 Å². The number of nitriles is 1. The molecule has 0 saturated carbocycles. The molecular weight excluding hydrogens is 474 g/mol. The van der Waals surface area contributed by atoms with E-state index in [9.17, 15) is 14.9 Å². The minimum absolute atomic E-state index is 0.0189. The summed E-state index contributed by atoms with van der Waals surface area (Å²) in [6, 6.07) is 16.9. The van der Waals surface area contributed by atoms with Crippen LogP contribution >= 0.6 is 0 Å². The van der Waals surface area contributed by atoms with Gasteiger partial charge in [-0.2, -0.15) is 5.26 Å². The number of amides is 1. The molecule has 1 amide bonds. The Morgan fingerprint density at radius 1 is 1.08 bits per heavy atom. The zero-order valence-corrected chi connectivity index (χ0v) is 20.4. The van der Waals surface area contributed by atoms with Gasteiger partial charge in [0.25, 0.3) is 0 Å². The van der Waals surface area contributed by atoms with E-state index in [1.54, 1.807) is 23.1 Å². The van der Waals surface area contributed by atoms with Gasteiger partial charge in [0.15, 0.2) is 17.3 Å². The van der Waals surface area contributed by atoms with Crippen molar-refractivity contribution in [2.24, 2.45) is 5.73 Å². The van der Waals surface area contributed by atoms with Crippen LogP contribution in [0.2, 0.25) is 0 Å². The van der Waals surface area contributed by atoms with Gasteiger partial charge in [-0.3, -0.25) is 4.79 Å². The molecule has 2 aromatic carbocycles. The number of rotatable bonds is 4. The fraction of sp³-hybridized carbons (Fsp3) is 0.321. The van der Waals surface area contributed by atoms with E-state index in [0.717, 1.165) is 5.56 Å². The SMILES string of the molecule is COc1cc([C@H]2C(C#N)=C(N)OC3=C2C(=O)C[C@H](c2ccccc2)C3)ccc1OC(=O)N1CCOCC1. The van der Waals surface area contributed by atoms with E-state index in [1.165, 1.54) is 7.11 Å². The zero-order chi connectivity index (χ0) is 25.9. The van der Waals surface area contributed by atoms with Crippen molar-refractivity contribution in [3.8, 4) is 17.6 Å². The molecule has 0 bridgehead atoms. The maximum Gasteiger partial charge on any atom is 0.415 e. The molecule has 2 aliphatic heterocycles. The topological polar surface area (TPSA) is 124 Å². The molecule has 0 radical (unpaired) electrons. The monoisotopic (exact) mass is 501 g/mol. The van der Waals surface area contributed by atoms with Gasteiger partial charge in [0.2, 0.25) is 5.88 Å². The number of hydrogen-bond donors (Lipinski definition) is 1. The first kappa shape index (κ1) is 24.4. The van der Waals surface area contributed by atoms with Gasteiger partial charge in [-0.25, -0.2) is 4.79 Å². The van der Waals surface area contributed by atoms with Crippen LogP contribution in [0.5, 0.6) is 11.5 Å². The van der Waals surface area contributed by atoms with E-state index >= 15 is 0 Å². The van der Waals surface area contributed by atoms with Crippen molar-refractivity contribution in [2.45, 2.75) is 24.7 Å². The molecular formula is C28H27N3O6. The van der Waals surface area contributed by atoms with E-state index < -0.39 is 12.0 Å². The lowest BCUT2D eigenvalue weighted by molar-refractivity contribution is -0.117. The van der Waals surface area contributed by atoms with Crippen molar-refractivity contribution in [2.75, 3.05) is 33.4 Å². The molecule has 0 unspecified atom stereocenters. The van der Waals surface area contributed by atoms with Crippen molar-refractivity contribution in [1.29, 1.82) is 5.26 Å². The van der Waals surface area contributed by atoms with Gasteiger partial charge in [0, 0.05) is 31.5 Å². The minimum atomic E-state index is -0.712. The third kappa shape index (κ3) is 4.76. The zero-order valence-electron chi connectivity index (χ0n) is 20.4. The molecule has 1 aliphatic carbocycles. The highest BCUT2D eigenvalue weighted by Gasteiger charge is 2.41. The second kappa shape index (κ2) is 10.4. The number of nitrogens with two attached hydrogens (primary N) is 1. The number of carbonyl (C=O) groups is 2. The minimum Gasteiger partial charge on any atom is -0.493 e. The smallest absolute Gasteiger partial charge is 0.415 e. The summed E-state index contributed by atoms with van der Waals surface area (Å²) in [5.41, 5.74) is 8.42. The maximum atomic E-state index is 13.5. The number of hydrogen-bond acceptors (Lipinski definition) is 8. The Bertz CT molecular complexity index is 1320. The molecule has 2 heterocycles. The van der Waals surface area contributed by atoms with Crippen molar-refractivity contribution in [3.05, 3.63) is 82.4 Å². The summed E-state index contributed by atoms with van der Waals surface area (Å²) in [4.78, 5) is 27.6. The number of Topliss-reactive ketones (excluding diaryl/α,β-unsaturated/α-hetero) is 1. The van der Waals surface area contributed by atoms with Crippen molar-refractivity contribution in [3.63, 3.8) is 0 Å². The van der Waals surface area contributed by atoms with Gasteiger partial charge in [-0.15, -0.1) is 0 Å². The molecule has 5 rings (SSSR count). The number of ketones is 1. The number of benzene rings is 2. The Labute approximate surface area is 214 Å². The van der Waals surface area contributed by atoms with Crippen LogP contribution in [0, 0.1) is 11.3 Å².